The molecule has 0 bridgehead atoms. The molecule has 0 spiro atoms. The number of nitrogens with one attached hydrogen (secondary N) is 1. The Kier molecular flexibility index (Phi) is 5.15. The smallest absolute Gasteiger partial charge is 0.142 e. The van der Waals surface area contributed by atoms with Crippen molar-refractivity contribution in [2.75, 3.05) is 19.5 Å². The van der Waals surface area contributed by atoms with Crippen LogP contribution >= 0.6 is 0 Å². The fourth-order valence-electron chi connectivity index (χ4n) is 1.55. The van der Waals surface area contributed by atoms with Crippen molar-refractivity contribution in [2.24, 2.45) is 0 Å². The minimum absolute atomic E-state index is 0.126. The van der Waals surface area contributed by atoms with E-state index in [-0.39, 0.29) is 6.04 Å². The minimum Gasteiger partial charge on any atom is -0.497 e. The third-order valence-electron chi connectivity index (χ3n) is 2.60. The van der Waals surface area contributed by atoms with Crippen molar-refractivity contribution < 1.29 is 9.47 Å². The van der Waals surface area contributed by atoms with E-state index in [0.29, 0.717) is 6.42 Å². The van der Waals surface area contributed by atoms with E-state index >= 15 is 0 Å². The molecular weight excluding hydrogens is 216 g/mol. The predicted molar refractivity (Wildman–Crippen MR) is 67.5 cm³/mol. The lowest BCUT2D eigenvalue weighted by Gasteiger charge is -2.18. The molecule has 1 N–H and O–H groups in total. The number of rotatable bonds is 6. The summed E-state index contributed by atoms with van der Waals surface area (Å²) in [7, 11) is 3.25. The molecule has 1 aromatic carbocycles. The quantitative estimate of drug-likeness (QED) is 0.822. The minimum atomic E-state index is 0.126. The second kappa shape index (κ2) is 6.64. The monoisotopic (exact) mass is 234 g/mol. The first-order valence-corrected chi connectivity index (χ1v) is 5.60. The highest BCUT2D eigenvalue weighted by molar-refractivity contribution is 5.60. The summed E-state index contributed by atoms with van der Waals surface area (Å²) in [5.74, 6) is 1.52. The number of nitrogens with zero attached hydrogens (tertiary/aromatic N) is 1. The van der Waals surface area contributed by atoms with Gasteiger partial charge in [0.2, 0.25) is 0 Å². The summed E-state index contributed by atoms with van der Waals surface area (Å²) in [5, 5.41) is 12.0. The van der Waals surface area contributed by atoms with Crippen LogP contribution < -0.4 is 14.8 Å². The summed E-state index contributed by atoms with van der Waals surface area (Å²) in [6.45, 7) is 2.04. The highest BCUT2D eigenvalue weighted by Crippen LogP contribution is 2.29. The Labute approximate surface area is 102 Å². The Morgan fingerprint density at radius 1 is 1.35 bits per heavy atom. The van der Waals surface area contributed by atoms with Gasteiger partial charge in [0.05, 0.1) is 32.4 Å². The molecule has 92 valence electrons. The maximum absolute atomic E-state index is 8.73. The Hall–Kier alpha value is -1.89. The van der Waals surface area contributed by atoms with Gasteiger partial charge in [0, 0.05) is 12.1 Å². The molecule has 0 saturated heterocycles. The van der Waals surface area contributed by atoms with Crippen molar-refractivity contribution in [2.45, 2.75) is 25.8 Å². The zero-order chi connectivity index (χ0) is 12.7. The highest BCUT2D eigenvalue weighted by Gasteiger charge is 2.10. The summed E-state index contributed by atoms with van der Waals surface area (Å²) < 4.78 is 10.4. The molecule has 1 rings (SSSR count). The topological polar surface area (TPSA) is 54.3 Å². The first kappa shape index (κ1) is 13.2. The van der Waals surface area contributed by atoms with Crippen LogP contribution in [-0.4, -0.2) is 20.3 Å². The van der Waals surface area contributed by atoms with Gasteiger partial charge in [-0.05, 0) is 18.6 Å². The van der Waals surface area contributed by atoms with Crippen LogP contribution in [0.2, 0.25) is 0 Å². The van der Waals surface area contributed by atoms with Crippen molar-refractivity contribution in [3.8, 4) is 17.6 Å². The Bertz CT molecular complexity index is 399. The molecular formula is C13H18N2O2. The molecule has 0 saturated carbocycles. The van der Waals surface area contributed by atoms with Crippen LogP contribution in [0.15, 0.2) is 18.2 Å². The second-order valence-electron chi connectivity index (χ2n) is 3.68. The van der Waals surface area contributed by atoms with Crippen LogP contribution in [0.5, 0.6) is 11.5 Å². The summed E-state index contributed by atoms with van der Waals surface area (Å²) in [4.78, 5) is 0. The van der Waals surface area contributed by atoms with Gasteiger partial charge in [-0.25, -0.2) is 0 Å². The molecule has 4 heteroatoms. The predicted octanol–water partition coefficient (Wildman–Crippen LogP) is 2.81. The van der Waals surface area contributed by atoms with Crippen LogP contribution in [-0.2, 0) is 0 Å². The highest BCUT2D eigenvalue weighted by atomic mass is 16.5. The van der Waals surface area contributed by atoms with Gasteiger partial charge < -0.3 is 14.8 Å². The van der Waals surface area contributed by atoms with E-state index < -0.39 is 0 Å². The van der Waals surface area contributed by atoms with Gasteiger partial charge in [0.25, 0.3) is 0 Å². The molecule has 4 nitrogen and oxygen atoms in total. The average molecular weight is 234 g/mol. The van der Waals surface area contributed by atoms with Gasteiger partial charge in [-0.2, -0.15) is 5.26 Å². The van der Waals surface area contributed by atoms with Gasteiger partial charge in [-0.3, -0.25) is 0 Å². The fourth-order valence-corrected chi connectivity index (χ4v) is 1.55. The van der Waals surface area contributed by atoms with Crippen LogP contribution in [0.1, 0.15) is 19.8 Å². The summed E-state index contributed by atoms with van der Waals surface area (Å²) in [6, 6.07) is 7.86. The third kappa shape index (κ3) is 3.56. The lowest BCUT2D eigenvalue weighted by molar-refractivity contribution is 0.404. The van der Waals surface area contributed by atoms with Crippen LogP contribution in [0, 0.1) is 11.3 Å². The van der Waals surface area contributed by atoms with Crippen molar-refractivity contribution in [1.29, 1.82) is 5.26 Å². The van der Waals surface area contributed by atoms with Gasteiger partial charge >= 0.3 is 0 Å². The average Bonchev–Trinajstić information content (AvgIpc) is 2.38. The first-order chi connectivity index (χ1) is 8.24. The van der Waals surface area contributed by atoms with E-state index in [1.807, 2.05) is 25.1 Å². The van der Waals surface area contributed by atoms with E-state index in [9.17, 15) is 0 Å². The van der Waals surface area contributed by atoms with E-state index in [0.717, 1.165) is 23.6 Å². The van der Waals surface area contributed by atoms with Crippen molar-refractivity contribution in [3.63, 3.8) is 0 Å². The normalized spacial score (nSPS) is 11.4. The number of methoxy groups -OCH3 is 2. The number of nitriles is 1. The molecule has 0 aliphatic rings. The van der Waals surface area contributed by atoms with E-state index in [1.165, 1.54) is 0 Å². The molecule has 17 heavy (non-hydrogen) atoms. The van der Waals surface area contributed by atoms with E-state index in [1.54, 1.807) is 14.2 Å². The number of ether oxygens (including phenoxy) is 2. The molecule has 0 aliphatic carbocycles. The second-order valence-corrected chi connectivity index (χ2v) is 3.68. The molecule has 1 unspecified atom stereocenters. The maximum atomic E-state index is 8.73. The Morgan fingerprint density at radius 3 is 2.65 bits per heavy atom. The van der Waals surface area contributed by atoms with Crippen molar-refractivity contribution in [3.05, 3.63) is 18.2 Å². The molecule has 0 heterocycles. The zero-order valence-electron chi connectivity index (χ0n) is 10.5. The molecule has 1 aromatic rings. The standard InChI is InChI=1S/C13H18N2O2/c1-4-10(7-8-14)15-12-9-11(16-2)5-6-13(12)17-3/h5-6,9-10,15H,4,7H2,1-3H3. The van der Waals surface area contributed by atoms with Gasteiger partial charge in [-0.1, -0.05) is 6.92 Å². The van der Waals surface area contributed by atoms with Crippen molar-refractivity contribution in [1.82, 2.24) is 0 Å². The lowest BCUT2D eigenvalue weighted by atomic mass is 10.1. The summed E-state index contributed by atoms with van der Waals surface area (Å²) in [6.07, 6.45) is 1.35. The molecule has 0 fully saturated rings. The molecule has 0 aliphatic heterocycles. The molecule has 0 amide bonds. The summed E-state index contributed by atoms with van der Waals surface area (Å²) in [5.41, 5.74) is 0.856. The largest absolute Gasteiger partial charge is 0.497 e. The van der Waals surface area contributed by atoms with Gasteiger partial charge in [-0.15, -0.1) is 0 Å². The number of hydrogen-bond acceptors (Lipinski definition) is 4. The third-order valence-corrected chi connectivity index (χ3v) is 2.60. The van der Waals surface area contributed by atoms with Crippen molar-refractivity contribution >= 4 is 5.69 Å². The molecule has 0 aromatic heterocycles. The zero-order valence-corrected chi connectivity index (χ0v) is 10.5. The van der Waals surface area contributed by atoms with Gasteiger partial charge in [0.15, 0.2) is 0 Å². The van der Waals surface area contributed by atoms with Gasteiger partial charge in [0.1, 0.15) is 11.5 Å². The number of anilines is 1. The lowest BCUT2D eigenvalue weighted by Crippen LogP contribution is -2.18. The maximum Gasteiger partial charge on any atom is 0.142 e. The van der Waals surface area contributed by atoms with E-state index in [2.05, 4.69) is 11.4 Å². The van der Waals surface area contributed by atoms with Crippen LogP contribution in [0.4, 0.5) is 5.69 Å². The molecule has 1 atom stereocenters. The Morgan fingerprint density at radius 2 is 2.12 bits per heavy atom. The van der Waals surface area contributed by atoms with Crippen LogP contribution in [0.25, 0.3) is 0 Å². The fraction of sp³-hybridized carbons (Fsp3) is 0.462. The van der Waals surface area contributed by atoms with E-state index in [4.69, 9.17) is 14.7 Å². The Balaban J connectivity index is 2.90. The SMILES string of the molecule is CCC(CC#N)Nc1cc(OC)ccc1OC. The summed E-state index contributed by atoms with van der Waals surface area (Å²) >= 11 is 0. The first-order valence-electron chi connectivity index (χ1n) is 5.60. The van der Waals surface area contributed by atoms with Crippen LogP contribution in [0.3, 0.4) is 0 Å². The molecule has 0 radical (unpaired) electrons. The number of hydrogen-bond donors (Lipinski definition) is 1. The number of benzene rings is 1.